The molecule has 1 aliphatic rings. The van der Waals surface area contributed by atoms with Gasteiger partial charge in [-0.05, 0) is 13.8 Å². The Hall–Kier alpha value is -0.650. The Labute approximate surface area is 117 Å². The van der Waals surface area contributed by atoms with Gasteiger partial charge in [0.05, 0.1) is 40.4 Å². The molecule has 19 heavy (non-hydrogen) atoms. The number of morpholine rings is 1. The summed E-state index contributed by atoms with van der Waals surface area (Å²) >= 11 is 0. The molecule has 5 nitrogen and oxygen atoms in total. The highest BCUT2D eigenvalue weighted by atomic mass is 16.5. The third-order valence-electron chi connectivity index (χ3n) is 4.48. The lowest BCUT2D eigenvalue weighted by Crippen LogP contribution is -2.55. The number of rotatable bonds is 7. The quantitative estimate of drug-likeness (QED) is 0.501. The van der Waals surface area contributed by atoms with Crippen molar-refractivity contribution in [1.29, 1.82) is 0 Å². The largest absolute Gasteiger partial charge is 0.456 e. The van der Waals surface area contributed by atoms with Crippen LogP contribution in [-0.2, 0) is 14.3 Å². The Morgan fingerprint density at radius 2 is 1.84 bits per heavy atom. The second-order valence-electron chi connectivity index (χ2n) is 6.03. The molecule has 0 radical (unpaired) electrons. The fourth-order valence-electron chi connectivity index (χ4n) is 2.22. The number of esters is 1. The molecule has 1 fully saturated rings. The van der Waals surface area contributed by atoms with E-state index in [4.69, 9.17) is 9.47 Å². The lowest BCUT2D eigenvalue weighted by Gasteiger charge is -2.36. The number of hydrogen-bond donors (Lipinski definition) is 0. The maximum atomic E-state index is 11.9. The molecule has 0 aliphatic carbocycles. The first-order valence-electron chi connectivity index (χ1n) is 7.33. The first kappa shape index (κ1) is 16.4. The van der Waals surface area contributed by atoms with Crippen LogP contribution in [0, 0.1) is 0 Å². The average molecular weight is 274 g/mol. The lowest BCUT2D eigenvalue weighted by molar-refractivity contribution is -0.910. The summed E-state index contributed by atoms with van der Waals surface area (Å²) in [6, 6.07) is 0. The summed E-state index contributed by atoms with van der Waals surface area (Å²) in [7, 11) is 4.30. The van der Waals surface area contributed by atoms with Gasteiger partial charge in [-0.1, -0.05) is 0 Å². The van der Waals surface area contributed by atoms with E-state index < -0.39 is 0 Å². The van der Waals surface area contributed by atoms with Gasteiger partial charge in [-0.2, -0.15) is 0 Å². The summed E-state index contributed by atoms with van der Waals surface area (Å²) in [4.78, 5) is 11.9. The molecular weight excluding hydrogens is 244 g/mol. The van der Waals surface area contributed by atoms with Crippen LogP contribution in [0.4, 0.5) is 0 Å². The zero-order chi connectivity index (χ0) is 14.4. The van der Waals surface area contributed by atoms with Gasteiger partial charge in [0, 0.05) is 0 Å². The minimum absolute atomic E-state index is 0.0804. The minimum Gasteiger partial charge on any atom is -0.456 e. The molecule has 1 saturated heterocycles. The summed E-state index contributed by atoms with van der Waals surface area (Å²) in [6.45, 7) is 11.6. The first-order chi connectivity index (χ1) is 8.93. The molecule has 1 aliphatic heterocycles. The Bertz CT molecular complexity index is 284. The van der Waals surface area contributed by atoms with E-state index in [0.717, 1.165) is 54.9 Å². The number of carbonyl (C=O) groups excluding carboxylic acids is 1. The molecule has 112 valence electrons. The van der Waals surface area contributed by atoms with Crippen LogP contribution in [0.5, 0.6) is 0 Å². The van der Waals surface area contributed by atoms with Gasteiger partial charge in [-0.15, -0.1) is 0 Å². The Morgan fingerprint density at radius 1 is 1.26 bits per heavy atom. The van der Waals surface area contributed by atoms with Crippen LogP contribution < -0.4 is 0 Å². The molecule has 0 bridgehead atoms. The second kappa shape index (κ2) is 7.22. The van der Waals surface area contributed by atoms with Gasteiger partial charge in [-0.3, -0.25) is 0 Å². The van der Waals surface area contributed by atoms with Gasteiger partial charge >= 0.3 is 5.97 Å². The van der Waals surface area contributed by atoms with Crippen LogP contribution in [0.15, 0.2) is 0 Å². The predicted molar refractivity (Wildman–Crippen MR) is 74.7 cm³/mol. The number of ether oxygens (including phenoxy) is 2. The lowest BCUT2D eigenvalue weighted by atomic mass is 10.3. The van der Waals surface area contributed by atoms with Crippen LogP contribution in [-0.4, -0.2) is 88.1 Å². The number of quaternary nitrogens is 2. The third-order valence-corrected chi connectivity index (χ3v) is 4.48. The van der Waals surface area contributed by atoms with Gasteiger partial charge in [0.2, 0.25) is 0 Å². The molecule has 0 N–H and O–H groups in total. The summed E-state index contributed by atoms with van der Waals surface area (Å²) in [5.41, 5.74) is 0. The average Bonchev–Trinajstić information content (AvgIpc) is 2.38. The van der Waals surface area contributed by atoms with E-state index in [1.54, 1.807) is 0 Å². The number of likely N-dealkylation sites (N-methyl/N-ethyl adjacent to an activating group) is 2. The van der Waals surface area contributed by atoms with Gasteiger partial charge in [0.1, 0.15) is 26.2 Å². The molecule has 0 amide bonds. The minimum atomic E-state index is -0.0804. The molecule has 0 saturated carbocycles. The Balaban J connectivity index is 2.28. The molecule has 5 heteroatoms. The first-order valence-corrected chi connectivity index (χ1v) is 7.33. The molecule has 0 spiro atoms. The number of hydrogen-bond acceptors (Lipinski definition) is 3. The van der Waals surface area contributed by atoms with Gasteiger partial charge in [0.25, 0.3) is 0 Å². The monoisotopic (exact) mass is 274 g/mol. The summed E-state index contributed by atoms with van der Waals surface area (Å²) < 4.78 is 12.4. The zero-order valence-corrected chi connectivity index (χ0v) is 13.0. The normalized spacial score (nSPS) is 19.2. The molecule has 0 aromatic carbocycles. The third kappa shape index (κ3) is 5.47. The van der Waals surface area contributed by atoms with Crippen molar-refractivity contribution >= 4 is 5.97 Å². The van der Waals surface area contributed by atoms with Crippen LogP contribution in [0.3, 0.4) is 0 Å². The van der Waals surface area contributed by atoms with E-state index in [0.29, 0.717) is 13.2 Å². The van der Waals surface area contributed by atoms with Crippen molar-refractivity contribution < 1.29 is 23.2 Å². The summed E-state index contributed by atoms with van der Waals surface area (Å²) in [5, 5.41) is 0. The van der Waals surface area contributed by atoms with E-state index in [9.17, 15) is 4.79 Å². The topological polar surface area (TPSA) is 35.5 Å². The SMILES string of the molecule is CC[N+](C)(CC)CCOC(=O)C[N+]1(C)CCOCC1. The van der Waals surface area contributed by atoms with E-state index in [2.05, 4.69) is 27.9 Å². The Kier molecular flexibility index (Phi) is 6.23. The fraction of sp³-hybridized carbons (Fsp3) is 0.929. The van der Waals surface area contributed by atoms with Crippen molar-refractivity contribution in [3.05, 3.63) is 0 Å². The predicted octanol–water partition coefficient (Wildman–Crippen LogP) is 0.493. The van der Waals surface area contributed by atoms with Crippen molar-refractivity contribution in [2.75, 3.05) is 73.2 Å². The number of carbonyl (C=O) groups is 1. The molecule has 1 heterocycles. The second-order valence-corrected chi connectivity index (χ2v) is 6.03. The summed E-state index contributed by atoms with van der Waals surface area (Å²) in [5.74, 6) is -0.0804. The van der Waals surface area contributed by atoms with E-state index in [-0.39, 0.29) is 5.97 Å². The van der Waals surface area contributed by atoms with Gasteiger partial charge in [-0.25, -0.2) is 4.79 Å². The number of nitrogens with zero attached hydrogens (tertiary/aromatic N) is 2. The highest BCUT2D eigenvalue weighted by Crippen LogP contribution is 2.08. The van der Waals surface area contributed by atoms with Crippen LogP contribution >= 0.6 is 0 Å². The zero-order valence-electron chi connectivity index (χ0n) is 13.0. The van der Waals surface area contributed by atoms with Crippen molar-refractivity contribution in [1.82, 2.24) is 0 Å². The van der Waals surface area contributed by atoms with E-state index in [1.807, 2.05) is 0 Å². The highest BCUT2D eigenvalue weighted by molar-refractivity contribution is 5.70. The van der Waals surface area contributed by atoms with E-state index >= 15 is 0 Å². The van der Waals surface area contributed by atoms with Crippen LogP contribution in [0.25, 0.3) is 0 Å². The van der Waals surface area contributed by atoms with Crippen molar-refractivity contribution in [2.24, 2.45) is 0 Å². The van der Waals surface area contributed by atoms with Crippen molar-refractivity contribution in [3.63, 3.8) is 0 Å². The van der Waals surface area contributed by atoms with E-state index in [1.165, 1.54) is 0 Å². The van der Waals surface area contributed by atoms with Crippen LogP contribution in [0.1, 0.15) is 13.8 Å². The molecule has 0 aromatic rings. The molecule has 0 atom stereocenters. The highest BCUT2D eigenvalue weighted by Gasteiger charge is 2.29. The fourth-order valence-corrected chi connectivity index (χ4v) is 2.22. The standard InChI is InChI=1S/C14H30N2O3/c1-5-15(3,6-2)9-12-19-14(17)13-16(4)7-10-18-11-8-16/h5-13H2,1-4H3/q+2. The smallest absolute Gasteiger partial charge is 0.361 e. The van der Waals surface area contributed by atoms with Crippen molar-refractivity contribution in [2.45, 2.75) is 13.8 Å². The van der Waals surface area contributed by atoms with Crippen LogP contribution in [0.2, 0.25) is 0 Å². The maximum absolute atomic E-state index is 11.9. The van der Waals surface area contributed by atoms with Gasteiger partial charge < -0.3 is 18.4 Å². The Morgan fingerprint density at radius 3 is 2.37 bits per heavy atom. The maximum Gasteiger partial charge on any atom is 0.361 e. The molecular formula is C14H30N2O3+2. The molecule has 0 aromatic heterocycles. The summed E-state index contributed by atoms with van der Waals surface area (Å²) in [6.07, 6.45) is 0. The molecule has 1 rings (SSSR count). The van der Waals surface area contributed by atoms with Gasteiger partial charge in [0.15, 0.2) is 6.54 Å². The molecule has 0 unspecified atom stereocenters. The van der Waals surface area contributed by atoms with Crippen molar-refractivity contribution in [3.8, 4) is 0 Å².